The topological polar surface area (TPSA) is 116 Å². The first-order valence-electron chi connectivity index (χ1n) is 10.6. The van der Waals surface area contributed by atoms with Crippen LogP contribution in [0, 0.1) is 10.1 Å². The summed E-state index contributed by atoms with van der Waals surface area (Å²) in [4.78, 5) is 39.7. The van der Waals surface area contributed by atoms with Gasteiger partial charge in [-0.05, 0) is 35.0 Å². The van der Waals surface area contributed by atoms with E-state index in [0.29, 0.717) is 31.7 Å². The van der Waals surface area contributed by atoms with Crippen LogP contribution >= 0.6 is 0 Å². The van der Waals surface area contributed by atoms with E-state index in [2.05, 4.69) is 5.32 Å². The molecule has 3 aromatic rings. The SMILES string of the molecule is O=C(NC(CO)C(=O)N1CCN(c2ccc([N+](=O)[O-])cc2)CC1)c1ccc2ccccc2c1. The van der Waals surface area contributed by atoms with Gasteiger partial charge in [0.15, 0.2) is 0 Å². The Kier molecular flexibility index (Phi) is 6.50. The lowest BCUT2D eigenvalue weighted by Crippen LogP contribution is -2.56. The van der Waals surface area contributed by atoms with Gasteiger partial charge in [-0.15, -0.1) is 0 Å². The fourth-order valence-corrected chi connectivity index (χ4v) is 3.95. The molecule has 3 aromatic carbocycles. The second-order valence-electron chi connectivity index (χ2n) is 7.86. The molecule has 1 aliphatic rings. The monoisotopic (exact) mass is 448 g/mol. The summed E-state index contributed by atoms with van der Waals surface area (Å²) in [6.45, 7) is 1.41. The molecule has 0 saturated carbocycles. The van der Waals surface area contributed by atoms with Crippen molar-refractivity contribution in [1.82, 2.24) is 10.2 Å². The Balaban J connectivity index is 1.36. The molecule has 1 aliphatic heterocycles. The molecule has 0 aromatic heterocycles. The van der Waals surface area contributed by atoms with Crippen LogP contribution in [-0.2, 0) is 4.79 Å². The van der Waals surface area contributed by atoms with Crippen LogP contribution in [0.3, 0.4) is 0 Å². The van der Waals surface area contributed by atoms with Crippen molar-refractivity contribution in [1.29, 1.82) is 0 Å². The molecule has 1 saturated heterocycles. The van der Waals surface area contributed by atoms with Gasteiger partial charge in [0.25, 0.3) is 11.6 Å². The first kappa shape index (κ1) is 22.2. The molecule has 0 spiro atoms. The molecule has 9 nitrogen and oxygen atoms in total. The Morgan fingerprint density at radius 2 is 1.64 bits per heavy atom. The van der Waals surface area contributed by atoms with Crippen molar-refractivity contribution < 1.29 is 19.6 Å². The van der Waals surface area contributed by atoms with Crippen molar-refractivity contribution in [3.8, 4) is 0 Å². The summed E-state index contributed by atoms with van der Waals surface area (Å²) in [6, 6.07) is 18.2. The molecular weight excluding hydrogens is 424 g/mol. The highest BCUT2D eigenvalue weighted by Crippen LogP contribution is 2.21. The highest BCUT2D eigenvalue weighted by atomic mass is 16.6. The van der Waals surface area contributed by atoms with E-state index in [-0.39, 0.29) is 11.6 Å². The van der Waals surface area contributed by atoms with Crippen molar-refractivity contribution in [2.45, 2.75) is 6.04 Å². The fourth-order valence-electron chi connectivity index (χ4n) is 3.95. The predicted octanol–water partition coefficient (Wildman–Crippen LogP) is 2.19. The number of aliphatic hydroxyl groups is 1. The molecular formula is C24H24N4O5. The number of anilines is 1. The van der Waals surface area contributed by atoms with Crippen LogP contribution in [0.2, 0.25) is 0 Å². The number of nitrogens with one attached hydrogen (secondary N) is 1. The Bertz CT molecular complexity index is 1170. The number of nitro benzene ring substituents is 1. The number of carbonyl (C=O) groups excluding carboxylic acids is 2. The van der Waals surface area contributed by atoms with Crippen molar-refractivity contribution in [2.24, 2.45) is 0 Å². The molecule has 9 heteroatoms. The highest BCUT2D eigenvalue weighted by molar-refractivity contribution is 6.00. The Morgan fingerprint density at radius 3 is 2.27 bits per heavy atom. The number of rotatable bonds is 6. The van der Waals surface area contributed by atoms with Gasteiger partial charge < -0.3 is 20.2 Å². The molecule has 2 amide bonds. The molecule has 0 bridgehead atoms. The van der Waals surface area contributed by atoms with Crippen LogP contribution < -0.4 is 10.2 Å². The van der Waals surface area contributed by atoms with Crippen molar-refractivity contribution >= 4 is 34.0 Å². The number of benzene rings is 3. The largest absolute Gasteiger partial charge is 0.394 e. The maximum atomic E-state index is 12.9. The van der Waals surface area contributed by atoms with E-state index in [1.54, 1.807) is 29.2 Å². The molecule has 1 atom stereocenters. The Morgan fingerprint density at radius 1 is 0.970 bits per heavy atom. The second-order valence-corrected chi connectivity index (χ2v) is 7.86. The van der Waals surface area contributed by atoms with Gasteiger partial charge in [-0.1, -0.05) is 30.3 Å². The van der Waals surface area contributed by atoms with Crippen LogP contribution in [0.5, 0.6) is 0 Å². The number of amides is 2. The molecule has 4 rings (SSSR count). The number of nitrogens with zero attached hydrogens (tertiary/aromatic N) is 3. The van der Waals surface area contributed by atoms with E-state index in [0.717, 1.165) is 16.5 Å². The fraction of sp³-hybridized carbons (Fsp3) is 0.250. The zero-order chi connectivity index (χ0) is 23.4. The average molecular weight is 448 g/mol. The van der Waals surface area contributed by atoms with Crippen LogP contribution in [0.1, 0.15) is 10.4 Å². The predicted molar refractivity (Wildman–Crippen MR) is 124 cm³/mol. The van der Waals surface area contributed by atoms with Gasteiger partial charge in [0.2, 0.25) is 5.91 Å². The van der Waals surface area contributed by atoms with Crippen LogP contribution in [0.15, 0.2) is 66.7 Å². The summed E-state index contributed by atoms with van der Waals surface area (Å²) in [5.74, 6) is -0.757. The van der Waals surface area contributed by atoms with Crippen molar-refractivity contribution in [2.75, 3.05) is 37.7 Å². The molecule has 0 radical (unpaired) electrons. The van der Waals surface area contributed by atoms with Gasteiger partial charge in [0.1, 0.15) is 6.04 Å². The second kappa shape index (κ2) is 9.66. The van der Waals surface area contributed by atoms with Gasteiger partial charge in [0, 0.05) is 49.6 Å². The molecule has 170 valence electrons. The lowest BCUT2D eigenvalue weighted by molar-refractivity contribution is -0.384. The lowest BCUT2D eigenvalue weighted by Gasteiger charge is -2.37. The first-order valence-corrected chi connectivity index (χ1v) is 10.6. The van der Waals surface area contributed by atoms with Gasteiger partial charge in [-0.25, -0.2) is 0 Å². The summed E-state index contributed by atoms with van der Waals surface area (Å²) >= 11 is 0. The molecule has 2 N–H and O–H groups in total. The van der Waals surface area contributed by atoms with Crippen molar-refractivity contribution in [3.05, 3.63) is 82.4 Å². The first-order chi connectivity index (χ1) is 16.0. The molecule has 1 unspecified atom stereocenters. The van der Waals surface area contributed by atoms with E-state index < -0.39 is 23.5 Å². The van der Waals surface area contributed by atoms with E-state index in [4.69, 9.17) is 0 Å². The van der Waals surface area contributed by atoms with Crippen LogP contribution in [0.25, 0.3) is 10.8 Å². The summed E-state index contributed by atoms with van der Waals surface area (Å²) in [7, 11) is 0. The third-order valence-corrected chi connectivity index (χ3v) is 5.81. The van der Waals surface area contributed by atoms with Gasteiger partial charge in [-0.2, -0.15) is 0 Å². The summed E-state index contributed by atoms with van der Waals surface area (Å²) in [6.07, 6.45) is 0. The molecule has 33 heavy (non-hydrogen) atoms. The molecule has 1 heterocycles. The van der Waals surface area contributed by atoms with Crippen LogP contribution in [0.4, 0.5) is 11.4 Å². The zero-order valence-electron chi connectivity index (χ0n) is 17.9. The summed E-state index contributed by atoms with van der Waals surface area (Å²) in [5, 5.41) is 25.2. The number of hydrogen-bond donors (Lipinski definition) is 2. The zero-order valence-corrected chi connectivity index (χ0v) is 17.9. The number of carbonyl (C=O) groups is 2. The number of aliphatic hydroxyl groups excluding tert-OH is 1. The average Bonchev–Trinajstić information content (AvgIpc) is 2.86. The standard InChI is InChI=1S/C24H24N4O5/c29-16-22(25-23(30)19-6-5-17-3-1-2-4-18(17)15-19)24(31)27-13-11-26(12-14-27)20-7-9-21(10-8-20)28(32)33/h1-10,15,22,29H,11-14,16H2,(H,25,30). The number of hydrogen-bond acceptors (Lipinski definition) is 6. The molecule has 1 fully saturated rings. The van der Waals surface area contributed by atoms with Gasteiger partial charge >= 0.3 is 0 Å². The summed E-state index contributed by atoms with van der Waals surface area (Å²) in [5.41, 5.74) is 1.29. The van der Waals surface area contributed by atoms with E-state index in [1.807, 2.05) is 35.2 Å². The highest BCUT2D eigenvalue weighted by Gasteiger charge is 2.28. The normalized spacial score (nSPS) is 14.7. The summed E-state index contributed by atoms with van der Waals surface area (Å²) < 4.78 is 0. The maximum absolute atomic E-state index is 12.9. The van der Waals surface area contributed by atoms with Crippen molar-refractivity contribution in [3.63, 3.8) is 0 Å². The smallest absolute Gasteiger partial charge is 0.269 e. The third kappa shape index (κ3) is 4.93. The Labute approximate surface area is 190 Å². The molecule has 0 aliphatic carbocycles. The number of nitro groups is 1. The minimum atomic E-state index is -1.03. The third-order valence-electron chi connectivity index (χ3n) is 5.81. The number of fused-ring (bicyclic) bond motifs is 1. The van der Waals surface area contributed by atoms with Gasteiger partial charge in [-0.3, -0.25) is 19.7 Å². The van der Waals surface area contributed by atoms with E-state index >= 15 is 0 Å². The minimum Gasteiger partial charge on any atom is -0.394 e. The number of piperazine rings is 1. The Hall–Kier alpha value is -3.98. The number of non-ortho nitro benzene ring substituents is 1. The van der Waals surface area contributed by atoms with Gasteiger partial charge in [0.05, 0.1) is 11.5 Å². The van der Waals surface area contributed by atoms with Crippen LogP contribution in [-0.4, -0.2) is 65.6 Å². The van der Waals surface area contributed by atoms with E-state index in [1.165, 1.54) is 12.1 Å². The quantitative estimate of drug-likeness (QED) is 0.441. The minimum absolute atomic E-state index is 0.0282. The lowest BCUT2D eigenvalue weighted by atomic mass is 10.1. The maximum Gasteiger partial charge on any atom is 0.269 e. The van der Waals surface area contributed by atoms with E-state index in [9.17, 15) is 24.8 Å².